The quantitative estimate of drug-likeness (QED) is 0.832. The first kappa shape index (κ1) is 15.5. The highest BCUT2D eigenvalue weighted by atomic mass is 32.1. The first-order valence-corrected chi connectivity index (χ1v) is 7.11. The van der Waals surface area contributed by atoms with Gasteiger partial charge in [-0.2, -0.15) is 0 Å². The molecule has 0 saturated heterocycles. The van der Waals surface area contributed by atoms with Crippen molar-refractivity contribution < 1.29 is 9.15 Å². The summed E-state index contributed by atoms with van der Waals surface area (Å²) in [6, 6.07) is 9.87. The second kappa shape index (κ2) is 6.74. The van der Waals surface area contributed by atoms with Crippen LogP contribution in [0.4, 0.5) is 0 Å². The molecule has 0 spiro atoms. The summed E-state index contributed by atoms with van der Waals surface area (Å²) in [4.78, 5) is 2.52. The minimum atomic E-state index is 0.345. The zero-order valence-electron chi connectivity index (χ0n) is 12.6. The normalized spacial score (nSPS) is 10.9. The van der Waals surface area contributed by atoms with E-state index in [1.807, 2.05) is 44.3 Å². The average molecular weight is 304 g/mol. The first-order chi connectivity index (χ1) is 9.99. The fourth-order valence-corrected chi connectivity index (χ4v) is 2.41. The van der Waals surface area contributed by atoms with Crippen LogP contribution in [0.3, 0.4) is 0 Å². The third kappa shape index (κ3) is 4.06. The van der Waals surface area contributed by atoms with Crippen molar-refractivity contribution in [2.75, 3.05) is 14.2 Å². The molecule has 0 aliphatic carbocycles. The molecule has 21 heavy (non-hydrogen) atoms. The van der Waals surface area contributed by atoms with Gasteiger partial charge in [0.15, 0.2) is 0 Å². The van der Waals surface area contributed by atoms with Gasteiger partial charge in [-0.05, 0) is 43.8 Å². The van der Waals surface area contributed by atoms with Crippen LogP contribution in [-0.4, -0.2) is 24.0 Å². The van der Waals surface area contributed by atoms with Gasteiger partial charge in [-0.3, -0.25) is 4.90 Å². The number of rotatable bonds is 6. The van der Waals surface area contributed by atoms with E-state index in [-0.39, 0.29) is 0 Å². The van der Waals surface area contributed by atoms with Crippen molar-refractivity contribution in [1.29, 1.82) is 0 Å². The third-order valence-electron chi connectivity index (χ3n) is 3.20. The molecule has 0 amide bonds. The summed E-state index contributed by atoms with van der Waals surface area (Å²) in [5, 5.41) is 0. The summed E-state index contributed by atoms with van der Waals surface area (Å²) in [6.45, 7) is 3.48. The Morgan fingerprint density at radius 2 is 2.05 bits per heavy atom. The van der Waals surface area contributed by atoms with Gasteiger partial charge in [0.2, 0.25) is 0 Å². The molecule has 2 aromatic rings. The first-order valence-electron chi connectivity index (χ1n) is 6.70. The van der Waals surface area contributed by atoms with Crippen molar-refractivity contribution in [3.63, 3.8) is 0 Å². The van der Waals surface area contributed by atoms with Crippen LogP contribution in [0, 0.1) is 6.92 Å². The largest absolute Gasteiger partial charge is 0.496 e. The second-order valence-corrected chi connectivity index (χ2v) is 5.52. The van der Waals surface area contributed by atoms with Crippen molar-refractivity contribution in [2.45, 2.75) is 20.0 Å². The standard InChI is InChI=1S/C16H20N2O2S/c1-11-4-6-13(20-11)10-18(2)9-12-5-7-15(19-3)14(8-12)16(17)21/h4-8H,9-10H2,1-3H3,(H2,17,21). The van der Waals surface area contributed by atoms with E-state index in [0.717, 1.165) is 35.7 Å². The van der Waals surface area contributed by atoms with Crippen LogP contribution in [-0.2, 0) is 13.1 Å². The number of furan rings is 1. The van der Waals surface area contributed by atoms with Gasteiger partial charge in [-0.15, -0.1) is 0 Å². The predicted octanol–water partition coefficient (Wildman–Crippen LogP) is 2.86. The molecule has 0 fully saturated rings. The van der Waals surface area contributed by atoms with Crippen LogP contribution in [0.2, 0.25) is 0 Å². The number of aryl methyl sites for hydroxylation is 1. The lowest BCUT2D eigenvalue weighted by atomic mass is 10.1. The Labute approximate surface area is 130 Å². The topological polar surface area (TPSA) is 51.6 Å². The molecule has 2 rings (SSSR count). The summed E-state index contributed by atoms with van der Waals surface area (Å²) < 4.78 is 10.9. The van der Waals surface area contributed by atoms with Crippen LogP contribution < -0.4 is 10.5 Å². The lowest BCUT2D eigenvalue weighted by Gasteiger charge is -2.16. The Hall–Kier alpha value is -1.85. The molecule has 5 heteroatoms. The van der Waals surface area contributed by atoms with Gasteiger partial charge < -0.3 is 14.9 Å². The van der Waals surface area contributed by atoms with Crippen LogP contribution >= 0.6 is 12.2 Å². The summed E-state index contributed by atoms with van der Waals surface area (Å²) in [7, 11) is 3.66. The molecule has 0 bridgehead atoms. The number of hydrogen-bond donors (Lipinski definition) is 1. The van der Waals surface area contributed by atoms with Gasteiger partial charge in [0.05, 0.1) is 19.2 Å². The summed E-state index contributed by atoms with van der Waals surface area (Å²) in [6.07, 6.45) is 0. The van der Waals surface area contributed by atoms with E-state index in [4.69, 9.17) is 27.1 Å². The number of thiocarbonyl (C=S) groups is 1. The maximum atomic E-state index is 5.74. The number of hydrogen-bond acceptors (Lipinski definition) is 4. The number of benzene rings is 1. The minimum absolute atomic E-state index is 0.345. The highest BCUT2D eigenvalue weighted by Crippen LogP contribution is 2.21. The van der Waals surface area contributed by atoms with Gasteiger partial charge in [-0.25, -0.2) is 0 Å². The molecule has 1 aromatic heterocycles. The fourth-order valence-electron chi connectivity index (χ4n) is 2.25. The van der Waals surface area contributed by atoms with Crippen molar-refractivity contribution in [3.05, 3.63) is 53.0 Å². The minimum Gasteiger partial charge on any atom is -0.496 e. The Morgan fingerprint density at radius 3 is 2.62 bits per heavy atom. The lowest BCUT2D eigenvalue weighted by molar-refractivity contribution is 0.285. The van der Waals surface area contributed by atoms with E-state index in [1.54, 1.807) is 7.11 Å². The molecule has 0 unspecified atom stereocenters. The van der Waals surface area contributed by atoms with Crippen LogP contribution in [0.1, 0.15) is 22.6 Å². The van der Waals surface area contributed by atoms with Gasteiger partial charge in [0, 0.05) is 6.54 Å². The molecule has 4 nitrogen and oxygen atoms in total. The average Bonchev–Trinajstić information content (AvgIpc) is 2.83. The lowest BCUT2D eigenvalue weighted by Crippen LogP contribution is -2.18. The van der Waals surface area contributed by atoms with Crippen molar-refractivity contribution >= 4 is 17.2 Å². The smallest absolute Gasteiger partial charge is 0.129 e. The molecular weight excluding hydrogens is 284 g/mol. The van der Waals surface area contributed by atoms with E-state index in [0.29, 0.717) is 10.7 Å². The van der Waals surface area contributed by atoms with Crippen LogP contribution in [0.25, 0.3) is 0 Å². The summed E-state index contributed by atoms with van der Waals surface area (Å²) >= 11 is 5.07. The molecule has 112 valence electrons. The maximum Gasteiger partial charge on any atom is 0.129 e. The third-order valence-corrected chi connectivity index (χ3v) is 3.42. The second-order valence-electron chi connectivity index (χ2n) is 5.08. The molecule has 0 atom stereocenters. The number of ether oxygens (including phenoxy) is 1. The molecule has 0 aliphatic heterocycles. The number of methoxy groups -OCH3 is 1. The van der Waals surface area contributed by atoms with Gasteiger partial charge in [0.1, 0.15) is 22.3 Å². The van der Waals surface area contributed by atoms with Crippen molar-refractivity contribution in [1.82, 2.24) is 4.90 Å². The Kier molecular flexibility index (Phi) is 4.98. The molecule has 1 heterocycles. The van der Waals surface area contributed by atoms with E-state index in [2.05, 4.69) is 4.90 Å². The Bertz CT molecular complexity index is 637. The zero-order valence-corrected chi connectivity index (χ0v) is 13.4. The van der Waals surface area contributed by atoms with Crippen molar-refractivity contribution in [3.8, 4) is 5.75 Å². The molecule has 0 aliphatic rings. The number of nitrogens with two attached hydrogens (primary N) is 1. The maximum absolute atomic E-state index is 5.74. The molecular formula is C16H20N2O2S. The monoisotopic (exact) mass is 304 g/mol. The summed E-state index contributed by atoms with van der Waals surface area (Å²) in [5.74, 6) is 2.59. The molecule has 0 radical (unpaired) electrons. The number of nitrogens with zero attached hydrogens (tertiary/aromatic N) is 1. The van der Waals surface area contributed by atoms with Crippen molar-refractivity contribution in [2.24, 2.45) is 5.73 Å². The van der Waals surface area contributed by atoms with Crippen LogP contribution in [0.15, 0.2) is 34.7 Å². The Morgan fingerprint density at radius 1 is 1.29 bits per heavy atom. The van der Waals surface area contributed by atoms with Gasteiger partial charge in [-0.1, -0.05) is 18.3 Å². The Balaban J connectivity index is 2.08. The van der Waals surface area contributed by atoms with Gasteiger partial charge >= 0.3 is 0 Å². The fraction of sp³-hybridized carbons (Fsp3) is 0.312. The highest BCUT2D eigenvalue weighted by Gasteiger charge is 2.09. The SMILES string of the molecule is COc1ccc(CN(C)Cc2ccc(C)o2)cc1C(N)=S. The summed E-state index contributed by atoms with van der Waals surface area (Å²) in [5.41, 5.74) is 7.64. The van der Waals surface area contributed by atoms with Gasteiger partial charge in [0.25, 0.3) is 0 Å². The molecule has 1 aromatic carbocycles. The molecule has 2 N–H and O–H groups in total. The van der Waals surface area contributed by atoms with E-state index >= 15 is 0 Å². The highest BCUT2D eigenvalue weighted by molar-refractivity contribution is 7.80. The molecule has 0 saturated carbocycles. The van der Waals surface area contributed by atoms with Crippen LogP contribution in [0.5, 0.6) is 5.75 Å². The van der Waals surface area contributed by atoms with E-state index in [9.17, 15) is 0 Å². The zero-order chi connectivity index (χ0) is 15.4. The van der Waals surface area contributed by atoms with E-state index < -0.39 is 0 Å². The predicted molar refractivity (Wildman–Crippen MR) is 87.5 cm³/mol. The van der Waals surface area contributed by atoms with E-state index in [1.165, 1.54) is 0 Å².